The van der Waals surface area contributed by atoms with Gasteiger partial charge in [0, 0.05) is 17.8 Å². The van der Waals surface area contributed by atoms with Crippen molar-refractivity contribution in [3.8, 4) is 0 Å². The summed E-state index contributed by atoms with van der Waals surface area (Å²) in [7, 11) is 0. The molecule has 0 spiro atoms. The van der Waals surface area contributed by atoms with Crippen molar-refractivity contribution in [2.24, 2.45) is 5.92 Å². The van der Waals surface area contributed by atoms with E-state index >= 15 is 0 Å². The highest BCUT2D eigenvalue weighted by atomic mass is 16.4. The molecule has 1 aromatic carbocycles. The van der Waals surface area contributed by atoms with Crippen LogP contribution in [-0.4, -0.2) is 23.1 Å². The van der Waals surface area contributed by atoms with Crippen LogP contribution in [0.25, 0.3) is 6.08 Å². The van der Waals surface area contributed by atoms with E-state index in [-0.39, 0.29) is 12.1 Å². The Morgan fingerprint density at radius 3 is 2.81 bits per heavy atom. The van der Waals surface area contributed by atoms with Crippen LogP contribution in [0.3, 0.4) is 0 Å². The van der Waals surface area contributed by atoms with Crippen molar-refractivity contribution < 1.29 is 14.7 Å². The fourth-order valence-electron chi connectivity index (χ4n) is 2.58. The monoisotopic (exact) mass is 288 g/mol. The number of urea groups is 1. The van der Waals surface area contributed by atoms with Gasteiger partial charge in [-0.05, 0) is 42.5 Å². The van der Waals surface area contributed by atoms with Crippen LogP contribution < -0.4 is 10.6 Å². The fraction of sp³-hybridized carbons (Fsp3) is 0.375. The van der Waals surface area contributed by atoms with E-state index in [4.69, 9.17) is 5.11 Å². The van der Waals surface area contributed by atoms with Crippen LogP contribution in [0.1, 0.15) is 31.7 Å². The number of nitrogens with one attached hydrogen (secondary N) is 2. The number of hydrogen-bond donors (Lipinski definition) is 3. The molecule has 0 aromatic heterocycles. The number of amides is 2. The molecule has 0 heterocycles. The topological polar surface area (TPSA) is 78.4 Å². The smallest absolute Gasteiger partial charge is 0.328 e. The summed E-state index contributed by atoms with van der Waals surface area (Å²) in [5.41, 5.74) is 1.37. The molecular weight excluding hydrogens is 268 g/mol. The Balaban J connectivity index is 1.94. The molecule has 1 fully saturated rings. The summed E-state index contributed by atoms with van der Waals surface area (Å²) in [5, 5.41) is 14.4. The third-order valence-electron chi connectivity index (χ3n) is 3.74. The SMILES string of the molecule is CC1CCCC1NC(=O)Nc1cccc(/C=C/C(=O)O)c1. The van der Waals surface area contributed by atoms with Gasteiger partial charge in [-0.1, -0.05) is 25.5 Å². The Bertz CT molecular complexity index is 554. The number of carboxylic acids is 1. The van der Waals surface area contributed by atoms with Gasteiger partial charge in [-0.3, -0.25) is 0 Å². The molecule has 0 bridgehead atoms. The highest BCUT2D eigenvalue weighted by Gasteiger charge is 2.24. The number of hydrogen-bond acceptors (Lipinski definition) is 2. The van der Waals surface area contributed by atoms with Crippen molar-refractivity contribution in [3.63, 3.8) is 0 Å². The summed E-state index contributed by atoms with van der Waals surface area (Å²) in [4.78, 5) is 22.4. The fourth-order valence-corrected chi connectivity index (χ4v) is 2.58. The molecule has 2 rings (SSSR count). The summed E-state index contributed by atoms with van der Waals surface area (Å²) in [6.07, 6.45) is 5.89. The van der Waals surface area contributed by atoms with E-state index in [0.29, 0.717) is 11.6 Å². The van der Waals surface area contributed by atoms with Gasteiger partial charge in [0.15, 0.2) is 0 Å². The molecule has 1 aliphatic rings. The zero-order valence-electron chi connectivity index (χ0n) is 12.0. The number of rotatable bonds is 4. The number of anilines is 1. The van der Waals surface area contributed by atoms with Crippen LogP contribution >= 0.6 is 0 Å². The third-order valence-corrected chi connectivity index (χ3v) is 3.74. The van der Waals surface area contributed by atoms with Crippen molar-refractivity contribution in [3.05, 3.63) is 35.9 Å². The Morgan fingerprint density at radius 1 is 1.33 bits per heavy atom. The van der Waals surface area contributed by atoms with Gasteiger partial charge in [0.25, 0.3) is 0 Å². The molecule has 5 nitrogen and oxygen atoms in total. The Morgan fingerprint density at radius 2 is 2.14 bits per heavy atom. The summed E-state index contributed by atoms with van der Waals surface area (Å²) in [5.74, 6) is -0.484. The summed E-state index contributed by atoms with van der Waals surface area (Å²) < 4.78 is 0. The van der Waals surface area contributed by atoms with Gasteiger partial charge in [0.2, 0.25) is 0 Å². The second-order valence-corrected chi connectivity index (χ2v) is 5.41. The Labute approximate surface area is 124 Å². The zero-order valence-corrected chi connectivity index (χ0v) is 12.0. The second-order valence-electron chi connectivity index (χ2n) is 5.41. The average Bonchev–Trinajstić information content (AvgIpc) is 2.82. The van der Waals surface area contributed by atoms with Crippen molar-refractivity contribution in [2.75, 3.05) is 5.32 Å². The Kier molecular flexibility index (Phi) is 4.98. The molecule has 2 unspecified atom stereocenters. The maximum Gasteiger partial charge on any atom is 0.328 e. The standard InChI is InChI=1S/C16H20N2O3/c1-11-4-2-7-14(11)18-16(21)17-13-6-3-5-12(10-13)8-9-15(19)20/h3,5-6,8-11,14H,2,4,7H2,1H3,(H,19,20)(H2,17,18,21)/b9-8+. The van der Waals surface area contributed by atoms with Gasteiger partial charge in [-0.15, -0.1) is 0 Å². The van der Waals surface area contributed by atoms with E-state index in [9.17, 15) is 9.59 Å². The molecule has 1 aliphatic carbocycles. The largest absolute Gasteiger partial charge is 0.478 e. The van der Waals surface area contributed by atoms with Gasteiger partial charge < -0.3 is 15.7 Å². The first kappa shape index (κ1) is 15.1. The molecule has 21 heavy (non-hydrogen) atoms. The van der Waals surface area contributed by atoms with E-state index in [1.165, 1.54) is 6.08 Å². The van der Waals surface area contributed by atoms with E-state index in [2.05, 4.69) is 17.6 Å². The maximum absolute atomic E-state index is 12.0. The summed E-state index contributed by atoms with van der Waals surface area (Å²) in [6, 6.07) is 7.08. The molecule has 0 aliphatic heterocycles. The first-order valence-electron chi connectivity index (χ1n) is 7.13. The lowest BCUT2D eigenvalue weighted by Gasteiger charge is -2.17. The molecule has 3 N–H and O–H groups in total. The predicted octanol–water partition coefficient (Wildman–Crippen LogP) is 3.09. The van der Waals surface area contributed by atoms with Crippen molar-refractivity contribution >= 4 is 23.8 Å². The van der Waals surface area contributed by atoms with Crippen LogP contribution in [-0.2, 0) is 4.79 Å². The van der Waals surface area contributed by atoms with Crippen molar-refractivity contribution in [1.82, 2.24) is 5.32 Å². The third kappa shape index (κ3) is 4.63. The normalized spacial score (nSPS) is 21.4. The highest BCUT2D eigenvalue weighted by molar-refractivity contribution is 5.90. The van der Waals surface area contributed by atoms with Crippen LogP contribution in [0, 0.1) is 5.92 Å². The number of aliphatic carboxylic acids is 1. The van der Waals surface area contributed by atoms with Gasteiger partial charge in [0.05, 0.1) is 0 Å². The van der Waals surface area contributed by atoms with Gasteiger partial charge in [0.1, 0.15) is 0 Å². The van der Waals surface area contributed by atoms with Crippen LogP contribution in [0.4, 0.5) is 10.5 Å². The van der Waals surface area contributed by atoms with Gasteiger partial charge in [-0.25, -0.2) is 9.59 Å². The molecule has 5 heteroatoms. The van der Waals surface area contributed by atoms with Crippen LogP contribution in [0.2, 0.25) is 0 Å². The number of carbonyl (C=O) groups excluding carboxylic acids is 1. The lowest BCUT2D eigenvalue weighted by Crippen LogP contribution is -2.39. The minimum Gasteiger partial charge on any atom is -0.478 e. The zero-order chi connectivity index (χ0) is 15.2. The first-order chi connectivity index (χ1) is 10.0. The molecule has 2 amide bonds. The van der Waals surface area contributed by atoms with Crippen molar-refractivity contribution in [2.45, 2.75) is 32.2 Å². The van der Waals surface area contributed by atoms with E-state index in [0.717, 1.165) is 30.9 Å². The maximum atomic E-state index is 12.0. The predicted molar refractivity (Wildman–Crippen MR) is 82.1 cm³/mol. The summed E-state index contributed by atoms with van der Waals surface area (Å²) >= 11 is 0. The second kappa shape index (κ2) is 6.92. The quantitative estimate of drug-likeness (QED) is 0.745. The molecule has 1 saturated carbocycles. The molecule has 0 radical (unpaired) electrons. The minimum atomic E-state index is -0.999. The highest BCUT2D eigenvalue weighted by Crippen LogP contribution is 2.24. The lowest BCUT2D eigenvalue weighted by molar-refractivity contribution is -0.131. The van der Waals surface area contributed by atoms with Crippen LogP contribution in [0.15, 0.2) is 30.3 Å². The van der Waals surface area contributed by atoms with E-state index in [1.54, 1.807) is 24.3 Å². The minimum absolute atomic E-state index is 0.215. The van der Waals surface area contributed by atoms with Gasteiger partial charge in [-0.2, -0.15) is 0 Å². The summed E-state index contributed by atoms with van der Waals surface area (Å²) in [6.45, 7) is 2.15. The Hall–Kier alpha value is -2.30. The number of benzene rings is 1. The number of carboxylic acid groups (broad SMARTS) is 1. The molecule has 112 valence electrons. The lowest BCUT2D eigenvalue weighted by atomic mass is 10.1. The molecule has 2 atom stereocenters. The van der Waals surface area contributed by atoms with E-state index < -0.39 is 5.97 Å². The molecule has 1 aromatic rings. The first-order valence-corrected chi connectivity index (χ1v) is 7.13. The van der Waals surface area contributed by atoms with E-state index in [1.807, 2.05) is 0 Å². The molecule has 0 saturated heterocycles. The average molecular weight is 288 g/mol. The van der Waals surface area contributed by atoms with Gasteiger partial charge >= 0.3 is 12.0 Å². The van der Waals surface area contributed by atoms with Crippen molar-refractivity contribution in [1.29, 1.82) is 0 Å². The van der Waals surface area contributed by atoms with Crippen LogP contribution in [0.5, 0.6) is 0 Å². The molecular formula is C16H20N2O3. The number of carbonyl (C=O) groups is 2.